The summed E-state index contributed by atoms with van der Waals surface area (Å²) < 4.78 is 38.2. The van der Waals surface area contributed by atoms with Gasteiger partial charge in [-0.3, -0.25) is 0 Å². The van der Waals surface area contributed by atoms with E-state index in [1.807, 2.05) is 0 Å². The number of alkyl halides is 3. The highest BCUT2D eigenvalue weighted by Crippen LogP contribution is 2.40. The van der Waals surface area contributed by atoms with Gasteiger partial charge in [0.05, 0.1) is 10.7 Å². The molecule has 96 valence electrons. The van der Waals surface area contributed by atoms with E-state index in [-0.39, 0.29) is 5.69 Å². The molecule has 2 N–H and O–H groups in total. The number of halogens is 3. The van der Waals surface area contributed by atoms with Crippen molar-refractivity contribution in [1.82, 2.24) is 4.98 Å². The lowest BCUT2D eigenvalue weighted by Gasteiger charge is -2.25. The summed E-state index contributed by atoms with van der Waals surface area (Å²) in [5.41, 5.74) is 2.94. The Bertz CT molecular complexity index is 392. The van der Waals surface area contributed by atoms with Crippen LogP contribution in [0.3, 0.4) is 0 Å². The number of aromatic nitrogens is 1. The Morgan fingerprint density at radius 1 is 1.35 bits per heavy atom. The summed E-state index contributed by atoms with van der Waals surface area (Å²) in [6, 6.07) is 0. The molecule has 17 heavy (non-hydrogen) atoms. The van der Waals surface area contributed by atoms with Crippen LogP contribution in [0.1, 0.15) is 49.2 Å². The predicted octanol–water partition coefficient (Wildman–Crippen LogP) is 3.54. The van der Waals surface area contributed by atoms with E-state index in [9.17, 15) is 13.2 Å². The second-order valence-corrected chi connectivity index (χ2v) is 5.64. The van der Waals surface area contributed by atoms with Crippen LogP contribution in [0, 0.1) is 0 Å². The van der Waals surface area contributed by atoms with Crippen LogP contribution in [0.15, 0.2) is 5.38 Å². The Morgan fingerprint density at radius 3 is 2.47 bits per heavy atom. The number of nitrogens with zero attached hydrogens (tertiary/aromatic N) is 1. The molecule has 1 fully saturated rings. The molecule has 1 unspecified atom stereocenters. The second-order valence-electron chi connectivity index (χ2n) is 4.75. The van der Waals surface area contributed by atoms with E-state index in [0.717, 1.165) is 37.6 Å². The zero-order valence-electron chi connectivity index (χ0n) is 9.55. The highest BCUT2D eigenvalue weighted by Gasteiger charge is 2.51. The molecule has 2 nitrogen and oxygen atoms in total. The van der Waals surface area contributed by atoms with Gasteiger partial charge in [0.25, 0.3) is 0 Å². The van der Waals surface area contributed by atoms with Crippen molar-refractivity contribution in [2.45, 2.75) is 50.2 Å². The SMILES string of the molecule is CC(N)(c1csc(C2CCCC2)n1)C(F)(F)F. The maximum atomic E-state index is 12.7. The molecule has 0 aliphatic heterocycles. The molecule has 1 aromatic heterocycles. The second kappa shape index (κ2) is 4.24. The first kappa shape index (κ1) is 12.8. The van der Waals surface area contributed by atoms with Crippen LogP contribution < -0.4 is 5.73 Å². The van der Waals surface area contributed by atoms with Gasteiger partial charge in [-0.05, 0) is 19.8 Å². The molecule has 0 radical (unpaired) electrons. The largest absolute Gasteiger partial charge is 0.411 e. The fraction of sp³-hybridized carbons (Fsp3) is 0.727. The summed E-state index contributed by atoms with van der Waals surface area (Å²) in [5.74, 6) is 0.331. The van der Waals surface area contributed by atoms with E-state index >= 15 is 0 Å². The van der Waals surface area contributed by atoms with Gasteiger partial charge in [0.15, 0.2) is 5.54 Å². The van der Waals surface area contributed by atoms with Crippen LogP contribution >= 0.6 is 11.3 Å². The molecule has 1 saturated carbocycles. The molecular formula is C11H15F3N2S. The number of nitrogens with two attached hydrogens (primary N) is 1. The Balaban J connectivity index is 2.23. The van der Waals surface area contributed by atoms with Crippen LogP contribution in [-0.2, 0) is 5.54 Å². The third-order valence-corrected chi connectivity index (χ3v) is 4.35. The third kappa shape index (κ3) is 2.33. The van der Waals surface area contributed by atoms with Gasteiger partial charge < -0.3 is 5.73 Å². The number of hydrogen-bond donors (Lipinski definition) is 1. The van der Waals surface area contributed by atoms with E-state index in [4.69, 9.17) is 5.73 Å². The van der Waals surface area contributed by atoms with E-state index < -0.39 is 11.7 Å². The van der Waals surface area contributed by atoms with Gasteiger partial charge in [0.1, 0.15) is 0 Å². The average Bonchev–Trinajstić information content (AvgIpc) is 2.87. The van der Waals surface area contributed by atoms with Crippen molar-refractivity contribution in [2.75, 3.05) is 0 Å². The highest BCUT2D eigenvalue weighted by molar-refractivity contribution is 7.09. The fourth-order valence-electron chi connectivity index (χ4n) is 2.03. The Morgan fingerprint density at radius 2 is 1.94 bits per heavy atom. The van der Waals surface area contributed by atoms with E-state index in [1.165, 1.54) is 16.7 Å². The van der Waals surface area contributed by atoms with Crippen LogP contribution in [0.2, 0.25) is 0 Å². The van der Waals surface area contributed by atoms with Crippen LogP contribution in [0.4, 0.5) is 13.2 Å². The van der Waals surface area contributed by atoms with Gasteiger partial charge in [-0.15, -0.1) is 11.3 Å². The van der Waals surface area contributed by atoms with Crippen molar-refractivity contribution in [2.24, 2.45) is 5.73 Å². The quantitative estimate of drug-likeness (QED) is 0.887. The van der Waals surface area contributed by atoms with Gasteiger partial charge in [-0.1, -0.05) is 12.8 Å². The zero-order valence-corrected chi connectivity index (χ0v) is 10.4. The van der Waals surface area contributed by atoms with Crippen molar-refractivity contribution in [1.29, 1.82) is 0 Å². The van der Waals surface area contributed by atoms with Gasteiger partial charge >= 0.3 is 6.18 Å². The Hall–Kier alpha value is -0.620. The van der Waals surface area contributed by atoms with Crippen LogP contribution in [0.5, 0.6) is 0 Å². The standard InChI is InChI=1S/C11H15F3N2S/c1-10(15,11(12,13)14)8-6-17-9(16-8)7-4-2-3-5-7/h6-7H,2-5,15H2,1H3. The van der Waals surface area contributed by atoms with Crippen molar-refractivity contribution >= 4 is 11.3 Å². The molecule has 0 aromatic carbocycles. The third-order valence-electron chi connectivity index (χ3n) is 3.35. The van der Waals surface area contributed by atoms with Crippen LogP contribution in [-0.4, -0.2) is 11.2 Å². The van der Waals surface area contributed by atoms with Gasteiger partial charge in [0, 0.05) is 11.3 Å². The molecule has 6 heteroatoms. The van der Waals surface area contributed by atoms with E-state index in [2.05, 4.69) is 4.98 Å². The summed E-state index contributed by atoms with van der Waals surface area (Å²) >= 11 is 1.30. The molecule has 1 atom stereocenters. The number of thiazole rings is 1. The summed E-state index contributed by atoms with van der Waals surface area (Å²) in [6.45, 7) is 0.973. The molecule has 1 heterocycles. The zero-order chi connectivity index (χ0) is 12.7. The average molecular weight is 264 g/mol. The van der Waals surface area contributed by atoms with Crippen LogP contribution in [0.25, 0.3) is 0 Å². The minimum Gasteiger partial charge on any atom is -0.313 e. The number of hydrogen-bond acceptors (Lipinski definition) is 3. The van der Waals surface area contributed by atoms with Gasteiger partial charge in [-0.2, -0.15) is 13.2 Å². The van der Waals surface area contributed by atoms with E-state index in [1.54, 1.807) is 0 Å². The molecule has 1 aliphatic rings. The highest BCUT2D eigenvalue weighted by atomic mass is 32.1. The first-order valence-electron chi connectivity index (χ1n) is 5.64. The molecule has 0 amide bonds. The summed E-state index contributed by atoms with van der Waals surface area (Å²) in [7, 11) is 0. The summed E-state index contributed by atoms with van der Waals surface area (Å²) in [4.78, 5) is 4.10. The monoisotopic (exact) mass is 264 g/mol. The van der Waals surface area contributed by atoms with Gasteiger partial charge in [0.2, 0.25) is 0 Å². The molecular weight excluding hydrogens is 249 g/mol. The normalized spacial score (nSPS) is 21.7. The number of rotatable bonds is 2. The Kier molecular flexibility index (Phi) is 3.20. The minimum atomic E-state index is -4.46. The summed E-state index contributed by atoms with van der Waals surface area (Å²) in [5, 5.41) is 2.25. The fourth-order valence-corrected chi connectivity index (χ4v) is 3.14. The van der Waals surface area contributed by atoms with Crippen molar-refractivity contribution < 1.29 is 13.2 Å². The molecule has 0 bridgehead atoms. The van der Waals surface area contributed by atoms with Crippen molar-refractivity contribution in [3.8, 4) is 0 Å². The lowest BCUT2D eigenvalue weighted by atomic mass is 10.00. The maximum absolute atomic E-state index is 12.7. The predicted molar refractivity (Wildman–Crippen MR) is 60.9 cm³/mol. The van der Waals surface area contributed by atoms with Gasteiger partial charge in [-0.25, -0.2) is 4.98 Å². The Labute approximate surface area is 102 Å². The summed E-state index contributed by atoms with van der Waals surface area (Å²) in [6.07, 6.45) is -0.133. The first-order valence-corrected chi connectivity index (χ1v) is 6.52. The molecule has 0 spiro atoms. The molecule has 1 aliphatic carbocycles. The lowest BCUT2D eigenvalue weighted by molar-refractivity contribution is -0.185. The van der Waals surface area contributed by atoms with Crippen molar-refractivity contribution in [3.63, 3.8) is 0 Å². The van der Waals surface area contributed by atoms with E-state index in [0.29, 0.717) is 5.92 Å². The molecule has 2 rings (SSSR count). The smallest absolute Gasteiger partial charge is 0.313 e. The first-order chi connectivity index (χ1) is 7.82. The lowest BCUT2D eigenvalue weighted by Crippen LogP contribution is -2.48. The minimum absolute atomic E-state index is 0.0584. The molecule has 1 aromatic rings. The maximum Gasteiger partial charge on any atom is 0.411 e. The molecule has 0 saturated heterocycles. The topological polar surface area (TPSA) is 38.9 Å². The van der Waals surface area contributed by atoms with Crippen molar-refractivity contribution in [3.05, 3.63) is 16.1 Å².